The van der Waals surface area contributed by atoms with Crippen LogP contribution in [-0.2, 0) is 20.6 Å². The lowest BCUT2D eigenvalue weighted by Gasteiger charge is -2.37. The van der Waals surface area contributed by atoms with Gasteiger partial charge in [-0.1, -0.05) is 12.1 Å². The molecular formula is C14H20ClNO3S. The van der Waals surface area contributed by atoms with Crippen molar-refractivity contribution >= 4 is 21.6 Å². The molecule has 112 valence electrons. The molecule has 0 unspecified atom stereocenters. The van der Waals surface area contributed by atoms with Crippen molar-refractivity contribution in [3.8, 4) is 0 Å². The highest BCUT2D eigenvalue weighted by molar-refractivity contribution is 7.89. The molecule has 6 heteroatoms. The second-order valence-electron chi connectivity index (χ2n) is 5.62. The summed E-state index contributed by atoms with van der Waals surface area (Å²) in [5, 5.41) is 0. The van der Waals surface area contributed by atoms with Gasteiger partial charge in [0.1, 0.15) is 0 Å². The maximum atomic E-state index is 12.8. The van der Waals surface area contributed by atoms with Crippen LogP contribution in [0.25, 0.3) is 0 Å². The van der Waals surface area contributed by atoms with Gasteiger partial charge in [-0.2, -0.15) is 4.31 Å². The molecule has 0 aromatic heterocycles. The third-order valence-corrected chi connectivity index (χ3v) is 5.83. The molecule has 0 radical (unpaired) electrons. The van der Waals surface area contributed by atoms with Gasteiger partial charge in [0.05, 0.1) is 17.1 Å². The van der Waals surface area contributed by atoms with E-state index < -0.39 is 15.6 Å². The van der Waals surface area contributed by atoms with Gasteiger partial charge in [-0.25, -0.2) is 8.42 Å². The van der Waals surface area contributed by atoms with Gasteiger partial charge in [0.25, 0.3) is 0 Å². The highest BCUT2D eigenvalue weighted by Gasteiger charge is 2.35. The largest absolute Gasteiger partial charge is 0.373 e. The summed E-state index contributed by atoms with van der Waals surface area (Å²) in [6, 6.07) is 5.23. The van der Waals surface area contributed by atoms with E-state index in [1.807, 2.05) is 19.9 Å². The number of ether oxygens (including phenoxy) is 1. The lowest BCUT2D eigenvalue weighted by molar-refractivity contribution is -0.0640. The van der Waals surface area contributed by atoms with Gasteiger partial charge in [-0.3, -0.25) is 0 Å². The molecule has 0 amide bonds. The van der Waals surface area contributed by atoms with E-state index in [9.17, 15) is 8.42 Å². The maximum Gasteiger partial charge on any atom is 0.243 e. The van der Waals surface area contributed by atoms with Gasteiger partial charge in [-0.05, 0) is 38.0 Å². The molecule has 1 aromatic carbocycles. The third kappa shape index (κ3) is 3.01. The standard InChI is InChI=1S/C14H20ClNO3S/c1-11-12(9-15)5-4-6-13(11)20(17,18)16-7-8-19-14(2,3)10-16/h4-6H,7-10H2,1-3H3. The smallest absolute Gasteiger partial charge is 0.243 e. The number of sulfonamides is 1. The van der Waals surface area contributed by atoms with E-state index in [0.29, 0.717) is 30.5 Å². The number of alkyl halides is 1. The molecule has 2 rings (SSSR count). The molecule has 0 bridgehead atoms. The van der Waals surface area contributed by atoms with Crippen LogP contribution in [0.2, 0.25) is 0 Å². The Morgan fingerprint density at radius 3 is 2.70 bits per heavy atom. The number of benzene rings is 1. The zero-order valence-electron chi connectivity index (χ0n) is 12.0. The molecule has 1 fully saturated rings. The average Bonchev–Trinajstić information content (AvgIpc) is 2.37. The van der Waals surface area contributed by atoms with E-state index in [1.54, 1.807) is 19.1 Å². The fraction of sp³-hybridized carbons (Fsp3) is 0.571. The van der Waals surface area contributed by atoms with E-state index in [4.69, 9.17) is 16.3 Å². The molecule has 1 aliphatic heterocycles. The molecule has 1 aromatic rings. The van der Waals surface area contributed by atoms with Crippen LogP contribution in [0.5, 0.6) is 0 Å². The summed E-state index contributed by atoms with van der Waals surface area (Å²) in [6.45, 7) is 6.76. The van der Waals surface area contributed by atoms with Crippen molar-refractivity contribution in [3.05, 3.63) is 29.3 Å². The van der Waals surface area contributed by atoms with Crippen molar-refractivity contribution in [2.24, 2.45) is 0 Å². The number of hydrogen-bond donors (Lipinski definition) is 0. The van der Waals surface area contributed by atoms with Crippen molar-refractivity contribution < 1.29 is 13.2 Å². The second kappa shape index (κ2) is 5.64. The molecule has 1 saturated heterocycles. The SMILES string of the molecule is Cc1c(CCl)cccc1S(=O)(=O)N1CCOC(C)(C)C1. The van der Waals surface area contributed by atoms with Crippen molar-refractivity contribution in [1.29, 1.82) is 0 Å². The summed E-state index contributed by atoms with van der Waals surface area (Å²) in [4.78, 5) is 0.341. The van der Waals surface area contributed by atoms with Gasteiger partial charge in [0.2, 0.25) is 10.0 Å². The Labute approximate surface area is 125 Å². The molecule has 0 spiro atoms. The van der Waals surface area contributed by atoms with Crippen LogP contribution in [0, 0.1) is 6.92 Å². The van der Waals surface area contributed by atoms with Crippen LogP contribution >= 0.6 is 11.6 Å². The number of nitrogens with zero attached hydrogens (tertiary/aromatic N) is 1. The Bertz CT molecular complexity index is 598. The van der Waals surface area contributed by atoms with Crippen molar-refractivity contribution in [2.75, 3.05) is 19.7 Å². The highest BCUT2D eigenvalue weighted by atomic mass is 35.5. The first-order chi connectivity index (χ1) is 9.28. The third-order valence-electron chi connectivity index (χ3n) is 3.55. The Morgan fingerprint density at radius 2 is 2.10 bits per heavy atom. The molecule has 0 atom stereocenters. The number of halogens is 1. The summed E-state index contributed by atoms with van der Waals surface area (Å²) in [5.41, 5.74) is 1.12. The van der Waals surface area contributed by atoms with E-state index in [-0.39, 0.29) is 0 Å². The minimum Gasteiger partial charge on any atom is -0.373 e. The van der Waals surface area contributed by atoms with Gasteiger partial charge in [0, 0.05) is 19.0 Å². The van der Waals surface area contributed by atoms with E-state index in [2.05, 4.69) is 0 Å². The zero-order chi connectivity index (χ0) is 15.0. The summed E-state index contributed by atoms with van der Waals surface area (Å²) in [6.07, 6.45) is 0. The molecule has 4 nitrogen and oxygen atoms in total. The van der Waals surface area contributed by atoms with Crippen LogP contribution in [0.15, 0.2) is 23.1 Å². The number of morpholine rings is 1. The van der Waals surface area contributed by atoms with Crippen molar-refractivity contribution in [1.82, 2.24) is 4.31 Å². The minimum atomic E-state index is -3.50. The van der Waals surface area contributed by atoms with Crippen LogP contribution < -0.4 is 0 Å². The van der Waals surface area contributed by atoms with Crippen molar-refractivity contribution in [2.45, 2.75) is 37.1 Å². The van der Waals surface area contributed by atoms with Gasteiger partial charge in [-0.15, -0.1) is 11.6 Å². The summed E-state index contributed by atoms with van der Waals surface area (Å²) >= 11 is 5.86. The lowest BCUT2D eigenvalue weighted by Crippen LogP contribution is -2.50. The molecular weight excluding hydrogens is 298 g/mol. The Kier molecular flexibility index (Phi) is 4.44. The fourth-order valence-electron chi connectivity index (χ4n) is 2.40. The predicted octanol–water partition coefficient (Wildman–Crippen LogP) is 2.53. The Balaban J connectivity index is 2.40. The van der Waals surface area contributed by atoms with Crippen LogP contribution in [0.3, 0.4) is 0 Å². The number of rotatable bonds is 3. The Morgan fingerprint density at radius 1 is 1.40 bits per heavy atom. The zero-order valence-corrected chi connectivity index (χ0v) is 13.6. The van der Waals surface area contributed by atoms with Gasteiger partial charge < -0.3 is 4.74 Å². The predicted molar refractivity (Wildman–Crippen MR) is 79.5 cm³/mol. The second-order valence-corrected chi connectivity index (χ2v) is 7.79. The average molecular weight is 318 g/mol. The van der Waals surface area contributed by atoms with Gasteiger partial charge in [0.15, 0.2) is 0 Å². The van der Waals surface area contributed by atoms with Crippen molar-refractivity contribution in [3.63, 3.8) is 0 Å². The summed E-state index contributed by atoms with van der Waals surface area (Å²) in [7, 11) is -3.50. The minimum absolute atomic E-state index is 0.309. The van der Waals surface area contributed by atoms with Crippen LogP contribution in [0.4, 0.5) is 0 Å². The lowest BCUT2D eigenvalue weighted by atomic mass is 10.1. The maximum absolute atomic E-state index is 12.8. The topological polar surface area (TPSA) is 46.6 Å². The van der Waals surface area contributed by atoms with Crippen LogP contribution in [-0.4, -0.2) is 38.0 Å². The highest BCUT2D eigenvalue weighted by Crippen LogP contribution is 2.27. The normalized spacial score (nSPS) is 20.0. The van der Waals surface area contributed by atoms with Crippen LogP contribution in [0.1, 0.15) is 25.0 Å². The molecule has 20 heavy (non-hydrogen) atoms. The first-order valence-electron chi connectivity index (χ1n) is 6.56. The molecule has 1 heterocycles. The van der Waals surface area contributed by atoms with E-state index in [1.165, 1.54) is 4.31 Å². The monoisotopic (exact) mass is 317 g/mol. The molecule has 1 aliphatic rings. The first-order valence-corrected chi connectivity index (χ1v) is 8.54. The molecule has 0 saturated carbocycles. The number of hydrogen-bond acceptors (Lipinski definition) is 3. The quantitative estimate of drug-likeness (QED) is 0.805. The Hall–Kier alpha value is -0.620. The van der Waals surface area contributed by atoms with Gasteiger partial charge >= 0.3 is 0 Å². The van der Waals surface area contributed by atoms with E-state index in [0.717, 1.165) is 11.1 Å². The molecule has 0 N–H and O–H groups in total. The van der Waals surface area contributed by atoms with E-state index >= 15 is 0 Å². The molecule has 0 aliphatic carbocycles. The summed E-state index contributed by atoms with van der Waals surface area (Å²) in [5.74, 6) is 0.309. The first kappa shape index (κ1) is 15.8. The fourth-order valence-corrected chi connectivity index (χ4v) is 4.53. The summed E-state index contributed by atoms with van der Waals surface area (Å²) < 4.78 is 32.7.